The summed E-state index contributed by atoms with van der Waals surface area (Å²) >= 11 is 0. The van der Waals surface area contributed by atoms with Crippen LogP contribution in [0.25, 0.3) is 0 Å². The molecule has 0 saturated carbocycles. The van der Waals surface area contributed by atoms with Gasteiger partial charge in [0.15, 0.2) is 0 Å². The Bertz CT molecular complexity index is 740. The molecule has 2 amide bonds. The summed E-state index contributed by atoms with van der Waals surface area (Å²) in [5.41, 5.74) is 1.99. The van der Waals surface area contributed by atoms with Crippen LogP contribution in [0.3, 0.4) is 0 Å². The topological polar surface area (TPSA) is 45.5 Å². The van der Waals surface area contributed by atoms with E-state index in [1.54, 1.807) is 11.2 Å². The maximum atomic E-state index is 12.6. The highest BCUT2D eigenvalue weighted by atomic mass is 16.3. The second kappa shape index (κ2) is 8.02. The Morgan fingerprint density at radius 2 is 1.62 bits per heavy atom. The minimum Gasteiger partial charge on any atom is -0.467 e. The van der Waals surface area contributed by atoms with Crippen molar-refractivity contribution in [1.82, 2.24) is 4.90 Å². The number of hydrogen-bond donors (Lipinski definition) is 1. The van der Waals surface area contributed by atoms with Crippen LogP contribution in [0.1, 0.15) is 11.3 Å². The summed E-state index contributed by atoms with van der Waals surface area (Å²) in [4.78, 5) is 14.4. The number of para-hydroxylation sites is 1. The quantitative estimate of drug-likeness (QED) is 0.724. The van der Waals surface area contributed by atoms with Crippen molar-refractivity contribution in [3.8, 4) is 0 Å². The number of hydrogen-bond acceptors (Lipinski definition) is 2. The largest absolute Gasteiger partial charge is 0.467 e. The van der Waals surface area contributed by atoms with Crippen LogP contribution >= 0.6 is 0 Å². The normalized spacial score (nSPS) is 10.3. The smallest absolute Gasteiger partial charge is 0.322 e. The van der Waals surface area contributed by atoms with Crippen LogP contribution in [-0.4, -0.2) is 17.5 Å². The van der Waals surface area contributed by atoms with Crippen LogP contribution in [0, 0.1) is 0 Å². The van der Waals surface area contributed by atoms with E-state index in [1.165, 1.54) is 5.56 Å². The maximum Gasteiger partial charge on any atom is 0.322 e. The number of amides is 2. The Kier molecular flexibility index (Phi) is 5.30. The molecule has 3 rings (SSSR count). The molecule has 0 radical (unpaired) electrons. The van der Waals surface area contributed by atoms with Crippen molar-refractivity contribution in [3.05, 3.63) is 90.4 Å². The molecular formula is C20H20N2O2. The molecule has 0 aliphatic carbocycles. The molecule has 0 fully saturated rings. The third-order valence-corrected chi connectivity index (χ3v) is 3.75. The van der Waals surface area contributed by atoms with Crippen LogP contribution in [-0.2, 0) is 13.0 Å². The lowest BCUT2D eigenvalue weighted by Gasteiger charge is -2.22. The molecule has 1 heterocycles. The molecular weight excluding hydrogens is 300 g/mol. The highest BCUT2D eigenvalue weighted by Gasteiger charge is 2.15. The first-order valence-corrected chi connectivity index (χ1v) is 7.98. The summed E-state index contributed by atoms with van der Waals surface area (Å²) in [7, 11) is 0. The van der Waals surface area contributed by atoms with Gasteiger partial charge in [-0.3, -0.25) is 0 Å². The summed E-state index contributed by atoms with van der Waals surface area (Å²) < 4.78 is 5.39. The fourth-order valence-electron chi connectivity index (χ4n) is 2.48. The standard InChI is InChI=1S/C20H20N2O2/c23-20(21-18-10-5-2-6-11-18)22(16-19-12-7-15-24-19)14-13-17-8-3-1-4-9-17/h1-12,15H,13-14,16H2,(H,21,23). The van der Waals surface area contributed by atoms with Crippen LogP contribution in [0.5, 0.6) is 0 Å². The zero-order chi connectivity index (χ0) is 16.6. The predicted molar refractivity (Wildman–Crippen MR) is 94.7 cm³/mol. The lowest BCUT2D eigenvalue weighted by atomic mass is 10.1. The van der Waals surface area contributed by atoms with E-state index in [2.05, 4.69) is 17.4 Å². The molecule has 0 aliphatic heterocycles. The van der Waals surface area contributed by atoms with E-state index >= 15 is 0 Å². The number of urea groups is 1. The number of benzene rings is 2. The first kappa shape index (κ1) is 15.9. The van der Waals surface area contributed by atoms with E-state index in [0.717, 1.165) is 17.9 Å². The fraction of sp³-hybridized carbons (Fsp3) is 0.150. The van der Waals surface area contributed by atoms with Gasteiger partial charge in [0.05, 0.1) is 12.8 Å². The second-order valence-electron chi connectivity index (χ2n) is 5.53. The van der Waals surface area contributed by atoms with Crippen LogP contribution < -0.4 is 5.32 Å². The molecule has 0 bridgehead atoms. The minimum absolute atomic E-state index is 0.131. The SMILES string of the molecule is O=C(Nc1ccccc1)N(CCc1ccccc1)Cc1ccco1. The Balaban J connectivity index is 1.67. The first-order chi connectivity index (χ1) is 11.8. The Morgan fingerprint density at radius 3 is 2.29 bits per heavy atom. The van der Waals surface area contributed by atoms with Gasteiger partial charge >= 0.3 is 6.03 Å². The average molecular weight is 320 g/mol. The lowest BCUT2D eigenvalue weighted by molar-refractivity contribution is 0.205. The zero-order valence-electron chi connectivity index (χ0n) is 13.4. The summed E-state index contributed by atoms with van der Waals surface area (Å²) in [6.45, 7) is 1.06. The van der Waals surface area contributed by atoms with Crippen molar-refractivity contribution in [3.63, 3.8) is 0 Å². The monoisotopic (exact) mass is 320 g/mol. The number of carbonyl (C=O) groups excluding carboxylic acids is 1. The van der Waals surface area contributed by atoms with Crippen molar-refractivity contribution in [2.45, 2.75) is 13.0 Å². The molecule has 0 unspecified atom stereocenters. The van der Waals surface area contributed by atoms with Crippen molar-refractivity contribution >= 4 is 11.7 Å². The molecule has 1 aromatic heterocycles. The van der Waals surface area contributed by atoms with Gasteiger partial charge in [-0.15, -0.1) is 0 Å². The first-order valence-electron chi connectivity index (χ1n) is 7.98. The van der Waals surface area contributed by atoms with E-state index in [0.29, 0.717) is 13.1 Å². The Hall–Kier alpha value is -3.01. The lowest BCUT2D eigenvalue weighted by Crippen LogP contribution is -2.36. The number of anilines is 1. The van der Waals surface area contributed by atoms with Crippen molar-refractivity contribution in [1.29, 1.82) is 0 Å². The third kappa shape index (κ3) is 4.49. The number of furan rings is 1. The molecule has 0 aliphatic rings. The van der Waals surface area contributed by atoms with E-state index in [4.69, 9.17) is 4.42 Å². The van der Waals surface area contributed by atoms with Crippen LogP contribution in [0.15, 0.2) is 83.5 Å². The molecule has 0 atom stereocenters. The number of nitrogens with zero attached hydrogens (tertiary/aromatic N) is 1. The zero-order valence-corrected chi connectivity index (χ0v) is 13.4. The van der Waals surface area contributed by atoms with Gasteiger partial charge in [-0.05, 0) is 36.2 Å². The Morgan fingerprint density at radius 1 is 0.917 bits per heavy atom. The molecule has 4 heteroatoms. The van der Waals surface area contributed by atoms with Crippen molar-refractivity contribution in [2.24, 2.45) is 0 Å². The minimum atomic E-state index is -0.131. The van der Waals surface area contributed by atoms with Gasteiger partial charge in [0.1, 0.15) is 5.76 Å². The van der Waals surface area contributed by atoms with Crippen LogP contribution in [0.2, 0.25) is 0 Å². The van der Waals surface area contributed by atoms with Gasteiger partial charge < -0.3 is 14.6 Å². The summed E-state index contributed by atoms with van der Waals surface area (Å²) in [5, 5.41) is 2.94. The summed E-state index contributed by atoms with van der Waals surface area (Å²) in [5.74, 6) is 0.770. The van der Waals surface area contributed by atoms with Crippen molar-refractivity contribution < 1.29 is 9.21 Å². The molecule has 0 saturated heterocycles. The molecule has 24 heavy (non-hydrogen) atoms. The third-order valence-electron chi connectivity index (χ3n) is 3.75. The molecule has 2 aromatic carbocycles. The highest BCUT2D eigenvalue weighted by Crippen LogP contribution is 2.11. The number of carbonyl (C=O) groups is 1. The van der Waals surface area contributed by atoms with Crippen LogP contribution in [0.4, 0.5) is 10.5 Å². The second-order valence-corrected chi connectivity index (χ2v) is 5.53. The molecule has 1 N–H and O–H groups in total. The van der Waals surface area contributed by atoms with Gasteiger partial charge in [0, 0.05) is 12.2 Å². The number of rotatable bonds is 6. The summed E-state index contributed by atoms with van der Waals surface area (Å²) in [6, 6.07) is 23.2. The predicted octanol–water partition coefficient (Wildman–Crippen LogP) is 4.56. The molecule has 0 spiro atoms. The van der Waals surface area contributed by atoms with E-state index in [9.17, 15) is 4.79 Å². The molecule has 3 aromatic rings. The summed E-state index contributed by atoms with van der Waals surface area (Å²) in [6.07, 6.45) is 2.42. The van der Waals surface area contributed by atoms with Gasteiger partial charge in [-0.2, -0.15) is 0 Å². The number of nitrogens with one attached hydrogen (secondary N) is 1. The average Bonchev–Trinajstić information content (AvgIpc) is 3.13. The molecule has 122 valence electrons. The van der Waals surface area contributed by atoms with E-state index < -0.39 is 0 Å². The highest BCUT2D eigenvalue weighted by molar-refractivity contribution is 5.89. The maximum absolute atomic E-state index is 12.6. The van der Waals surface area contributed by atoms with Gasteiger partial charge in [-0.25, -0.2) is 4.79 Å². The Labute approximate surface area is 141 Å². The van der Waals surface area contributed by atoms with Gasteiger partial charge in [0.2, 0.25) is 0 Å². The van der Waals surface area contributed by atoms with E-state index in [-0.39, 0.29) is 6.03 Å². The van der Waals surface area contributed by atoms with Gasteiger partial charge in [0.25, 0.3) is 0 Å². The van der Waals surface area contributed by atoms with Gasteiger partial charge in [-0.1, -0.05) is 48.5 Å². The van der Waals surface area contributed by atoms with Crippen molar-refractivity contribution in [2.75, 3.05) is 11.9 Å². The van der Waals surface area contributed by atoms with E-state index in [1.807, 2.05) is 60.7 Å². The fourth-order valence-corrected chi connectivity index (χ4v) is 2.48. The molecule has 4 nitrogen and oxygen atoms in total.